The maximum absolute atomic E-state index is 12.0. The van der Waals surface area contributed by atoms with Crippen LogP contribution in [-0.2, 0) is 10.0 Å². The number of sulfonamides is 1. The Labute approximate surface area is 123 Å². The lowest BCUT2D eigenvalue weighted by molar-refractivity contribution is 0.414. The van der Waals surface area contributed by atoms with Gasteiger partial charge in [0.15, 0.2) is 0 Å². The van der Waals surface area contributed by atoms with Crippen molar-refractivity contribution >= 4 is 33.2 Å². The summed E-state index contributed by atoms with van der Waals surface area (Å²) >= 11 is 11.8. The fourth-order valence-electron chi connectivity index (χ4n) is 1.43. The van der Waals surface area contributed by atoms with E-state index in [2.05, 4.69) is 4.72 Å². The standard InChI is InChI=1S/C11H16Cl2N2O3S/c1-18-10-6-9(13)11(7-8(10)12)19(16,17)15-5-3-2-4-14/h6-7,15H,2-5,14H2,1H3. The Bertz CT molecular complexity index is 535. The van der Waals surface area contributed by atoms with E-state index in [0.29, 0.717) is 25.3 Å². The summed E-state index contributed by atoms with van der Waals surface area (Å²) in [5, 5.41) is 0.252. The second kappa shape index (κ2) is 7.31. The van der Waals surface area contributed by atoms with E-state index in [1.165, 1.54) is 19.2 Å². The average molecular weight is 327 g/mol. The third-order valence-electron chi connectivity index (χ3n) is 2.42. The molecule has 0 aliphatic carbocycles. The molecule has 0 unspecified atom stereocenters. The second-order valence-electron chi connectivity index (χ2n) is 3.81. The lowest BCUT2D eigenvalue weighted by Gasteiger charge is -2.10. The predicted molar refractivity (Wildman–Crippen MR) is 76.5 cm³/mol. The highest BCUT2D eigenvalue weighted by Crippen LogP contribution is 2.33. The minimum absolute atomic E-state index is 0.0623. The first-order valence-corrected chi connectivity index (χ1v) is 7.89. The summed E-state index contributed by atoms with van der Waals surface area (Å²) in [6.45, 7) is 0.830. The van der Waals surface area contributed by atoms with Crippen LogP contribution in [0.25, 0.3) is 0 Å². The van der Waals surface area contributed by atoms with Crippen LogP contribution in [0.1, 0.15) is 12.8 Å². The van der Waals surface area contributed by atoms with Crippen molar-refractivity contribution in [1.29, 1.82) is 0 Å². The highest BCUT2D eigenvalue weighted by molar-refractivity contribution is 7.89. The monoisotopic (exact) mass is 326 g/mol. The van der Waals surface area contributed by atoms with Gasteiger partial charge in [-0.2, -0.15) is 0 Å². The van der Waals surface area contributed by atoms with Crippen molar-refractivity contribution in [2.45, 2.75) is 17.7 Å². The second-order valence-corrected chi connectivity index (χ2v) is 6.36. The maximum Gasteiger partial charge on any atom is 0.242 e. The van der Waals surface area contributed by atoms with Gasteiger partial charge >= 0.3 is 0 Å². The van der Waals surface area contributed by atoms with Crippen LogP contribution >= 0.6 is 23.2 Å². The van der Waals surface area contributed by atoms with Gasteiger partial charge in [0, 0.05) is 12.6 Å². The molecule has 0 aliphatic rings. The topological polar surface area (TPSA) is 81.4 Å². The summed E-state index contributed by atoms with van der Waals surface area (Å²) in [6, 6.07) is 2.65. The van der Waals surface area contributed by atoms with Gasteiger partial charge in [0.05, 0.1) is 17.2 Å². The minimum Gasteiger partial charge on any atom is -0.495 e. The smallest absolute Gasteiger partial charge is 0.242 e. The van der Waals surface area contributed by atoms with Crippen molar-refractivity contribution in [3.8, 4) is 5.75 Å². The molecule has 0 fully saturated rings. The molecule has 0 saturated carbocycles. The van der Waals surface area contributed by atoms with Gasteiger partial charge in [0.25, 0.3) is 0 Å². The van der Waals surface area contributed by atoms with E-state index in [1.54, 1.807) is 0 Å². The maximum atomic E-state index is 12.0. The van der Waals surface area contributed by atoms with Crippen molar-refractivity contribution in [1.82, 2.24) is 4.72 Å². The highest BCUT2D eigenvalue weighted by Gasteiger charge is 2.19. The van der Waals surface area contributed by atoms with Gasteiger partial charge in [-0.15, -0.1) is 0 Å². The predicted octanol–water partition coefficient (Wildman–Crippen LogP) is 2.02. The van der Waals surface area contributed by atoms with Crippen LogP contribution in [0.5, 0.6) is 5.75 Å². The van der Waals surface area contributed by atoms with Crippen LogP contribution in [0.15, 0.2) is 17.0 Å². The van der Waals surface area contributed by atoms with Crippen molar-refractivity contribution in [3.05, 3.63) is 22.2 Å². The van der Waals surface area contributed by atoms with E-state index in [-0.39, 0.29) is 14.9 Å². The Morgan fingerprint density at radius 2 is 1.95 bits per heavy atom. The summed E-state index contributed by atoms with van der Waals surface area (Å²) in [5.74, 6) is 0.328. The zero-order chi connectivity index (χ0) is 14.5. The van der Waals surface area contributed by atoms with E-state index in [4.69, 9.17) is 33.7 Å². The molecule has 19 heavy (non-hydrogen) atoms. The summed E-state index contributed by atoms with van der Waals surface area (Å²) in [6.07, 6.45) is 1.41. The molecule has 0 radical (unpaired) electrons. The number of hydrogen-bond acceptors (Lipinski definition) is 4. The highest BCUT2D eigenvalue weighted by atomic mass is 35.5. The van der Waals surface area contributed by atoms with Crippen LogP contribution in [-0.4, -0.2) is 28.6 Å². The number of benzene rings is 1. The largest absolute Gasteiger partial charge is 0.495 e. The van der Waals surface area contributed by atoms with Crippen LogP contribution < -0.4 is 15.2 Å². The first-order valence-electron chi connectivity index (χ1n) is 5.65. The van der Waals surface area contributed by atoms with E-state index in [9.17, 15) is 8.42 Å². The van der Waals surface area contributed by atoms with Crippen LogP contribution in [0.3, 0.4) is 0 Å². The molecule has 0 bridgehead atoms. The first-order chi connectivity index (χ1) is 8.92. The van der Waals surface area contributed by atoms with Crippen molar-refractivity contribution in [3.63, 3.8) is 0 Å². The Morgan fingerprint density at radius 1 is 1.26 bits per heavy atom. The van der Waals surface area contributed by atoms with Gasteiger partial charge in [-0.3, -0.25) is 0 Å². The number of nitrogens with one attached hydrogen (secondary N) is 1. The molecule has 0 amide bonds. The minimum atomic E-state index is -3.68. The molecular formula is C11H16Cl2N2O3S. The number of ether oxygens (including phenoxy) is 1. The van der Waals surface area contributed by atoms with Crippen LogP contribution in [0, 0.1) is 0 Å². The van der Waals surface area contributed by atoms with Gasteiger partial charge in [-0.05, 0) is 25.5 Å². The third-order valence-corrected chi connectivity index (χ3v) is 4.64. The fourth-order valence-corrected chi connectivity index (χ4v) is 3.35. The fraction of sp³-hybridized carbons (Fsp3) is 0.455. The lowest BCUT2D eigenvalue weighted by Crippen LogP contribution is -2.25. The number of nitrogens with two attached hydrogens (primary N) is 1. The van der Waals surface area contributed by atoms with Gasteiger partial charge in [0.2, 0.25) is 10.0 Å². The Hall–Kier alpha value is -0.530. The van der Waals surface area contributed by atoms with E-state index < -0.39 is 10.0 Å². The molecule has 8 heteroatoms. The zero-order valence-corrected chi connectivity index (χ0v) is 12.8. The molecule has 5 nitrogen and oxygen atoms in total. The molecule has 1 aromatic rings. The van der Waals surface area contributed by atoms with E-state index in [0.717, 1.165) is 6.42 Å². The Kier molecular flexibility index (Phi) is 6.35. The van der Waals surface area contributed by atoms with Crippen molar-refractivity contribution in [2.75, 3.05) is 20.2 Å². The molecule has 0 atom stereocenters. The number of unbranched alkanes of at least 4 members (excludes halogenated alkanes) is 1. The summed E-state index contributed by atoms with van der Waals surface area (Å²) in [5.41, 5.74) is 5.34. The molecule has 0 aromatic heterocycles. The summed E-state index contributed by atoms with van der Waals surface area (Å²) in [7, 11) is -2.25. The molecule has 0 aliphatic heterocycles. The zero-order valence-electron chi connectivity index (χ0n) is 10.4. The van der Waals surface area contributed by atoms with Crippen LogP contribution in [0.4, 0.5) is 0 Å². The summed E-state index contributed by atoms with van der Waals surface area (Å²) < 4.78 is 31.5. The van der Waals surface area contributed by atoms with Gasteiger partial charge in [-0.25, -0.2) is 13.1 Å². The van der Waals surface area contributed by atoms with Gasteiger partial charge < -0.3 is 10.5 Å². The Balaban J connectivity index is 2.92. The van der Waals surface area contributed by atoms with Gasteiger partial charge in [0.1, 0.15) is 10.6 Å². The van der Waals surface area contributed by atoms with Crippen LogP contribution in [0.2, 0.25) is 10.0 Å². The Morgan fingerprint density at radius 3 is 2.53 bits per heavy atom. The lowest BCUT2D eigenvalue weighted by atomic mass is 10.3. The van der Waals surface area contributed by atoms with Crippen molar-refractivity contribution < 1.29 is 13.2 Å². The van der Waals surface area contributed by atoms with E-state index in [1.807, 2.05) is 0 Å². The molecule has 0 saturated heterocycles. The SMILES string of the molecule is COc1cc(Cl)c(S(=O)(=O)NCCCCN)cc1Cl. The molecule has 1 rings (SSSR count). The summed E-state index contributed by atoms with van der Waals surface area (Å²) in [4.78, 5) is -0.0623. The molecule has 1 aromatic carbocycles. The average Bonchev–Trinajstić information content (AvgIpc) is 2.36. The molecule has 0 spiro atoms. The number of rotatable bonds is 7. The van der Waals surface area contributed by atoms with Crippen molar-refractivity contribution in [2.24, 2.45) is 5.73 Å². The van der Waals surface area contributed by atoms with Gasteiger partial charge in [-0.1, -0.05) is 23.2 Å². The quantitative estimate of drug-likeness (QED) is 0.751. The number of hydrogen-bond donors (Lipinski definition) is 2. The molecular weight excluding hydrogens is 311 g/mol. The normalized spacial score (nSPS) is 11.6. The molecule has 108 valence electrons. The molecule has 0 heterocycles. The molecule has 3 N–H and O–H groups in total. The number of halogens is 2. The van der Waals surface area contributed by atoms with E-state index >= 15 is 0 Å². The third kappa shape index (κ3) is 4.50. The first kappa shape index (κ1) is 16.5. The number of methoxy groups -OCH3 is 1.